The second-order valence-corrected chi connectivity index (χ2v) is 4.76. The van der Waals surface area contributed by atoms with Gasteiger partial charge in [-0.25, -0.2) is 0 Å². The number of ether oxygens (including phenoxy) is 2. The zero-order chi connectivity index (χ0) is 15.2. The third kappa shape index (κ3) is 3.52. The third-order valence-corrected chi connectivity index (χ3v) is 3.20. The Kier molecular flexibility index (Phi) is 4.43. The van der Waals surface area contributed by atoms with E-state index in [9.17, 15) is 0 Å². The van der Waals surface area contributed by atoms with Crippen molar-refractivity contribution in [1.82, 2.24) is 0 Å². The molecule has 0 aliphatic carbocycles. The second-order valence-electron chi connectivity index (χ2n) is 4.76. The summed E-state index contributed by atoms with van der Waals surface area (Å²) in [6, 6.07) is 11.5. The molecule has 0 spiro atoms. The van der Waals surface area contributed by atoms with Crippen LogP contribution in [0, 0.1) is 36.9 Å². The van der Waals surface area contributed by atoms with E-state index in [1.807, 2.05) is 38.1 Å². The van der Waals surface area contributed by atoms with Crippen LogP contribution in [-0.4, -0.2) is 0 Å². The van der Waals surface area contributed by atoms with Gasteiger partial charge >= 0.3 is 0 Å². The molecule has 2 aromatic rings. The van der Waals surface area contributed by atoms with Crippen molar-refractivity contribution in [1.29, 1.82) is 10.5 Å². The van der Waals surface area contributed by atoms with Gasteiger partial charge in [0.25, 0.3) is 12.5 Å². The first-order valence-corrected chi connectivity index (χ1v) is 6.45. The number of rotatable bonds is 4. The maximum Gasteiger partial charge on any atom is 0.292 e. The number of nitriles is 2. The number of benzene rings is 2. The first-order chi connectivity index (χ1) is 10.1. The summed E-state index contributed by atoms with van der Waals surface area (Å²) >= 11 is 0. The van der Waals surface area contributed by atoms with Crippen LogP contribution >= 0.6 is 0 Å². The van der Waals surface area contributed by atoms with Gasteiger partial charge in [-0.05, 0) is 54.7 Å². The highest BCUT2D eigenvalue weighted by Crippen LogP contribution is 2.23. The maximum atomic E-state index is 8.54. The van der Waals surface area contributed by atoms with Crippen molar-refractivity contribution in [2.75, 3.05) is 0 Å². The molecule has 21 heavy (non-hydrogen) atoms. The molecule has 2 rings (SSSR count). The molecule has 0 unspecified atom stereocenters. The van der Waals surface area contributed by atoms with Crippen molar-refractivity contribution in [3.63, 3.8) is 0 Å². The van der Waals surface area contributed by atoms with Crippen LogP contribution in [0.1, 0.15) is 22.3 Å². The number of aryl methyl sites for hydroxylation is 2. The molecule has 0 radical (unpaired) electrons. The summed E-state index contributed by atoms with van der Waals surface area (Å²) in [5.41, 5.74) is 4.11. The molecule has 4 nitrogen and oxygen atoms in total. The van der Waals surface area contributed by atoms with Gasteiger partial charge in [-0.2, -0.15) is 0 Å². The molecule has 0 aliphatic rings. The van der Waals surface area contributed by atoms with Gasteiger partial charge in [0.15, 0.2) is 0 Å². The third-order valence-electron chi connectivity index (χ3n) is 3.20. The lowest BCUT2D eigenvalue weighted by atomic mass is 10.0. The van der Waals surface area contributed by atoms with Crippen molar-refractivity contribution in [2.45, 2.75) is 20.3 Å². The molecule has 0 amide bonds. The second kappa shape index (κ2) is 6.45. The minimum Gasteiger partial charge on any atom is -0.388 e. The highest BCUT2D eigenvalue weighted by Gasteiger charge is 2.05. The highest BCUT2D eigenvalue weighted by molar-refractivity contribution is 5.41. The topological polar surface area (TPSA) is 66.0 Å². The van der Waals surface area contributed by atoms with Gasteiger partial charge in [-0.3, -0.25) is 0 Å². The highest BCUT2D eigenvalue weighted by atomic mass is 16.5. The van der Waals surface area contributed by atoms with Gasteiger partial charge in [0, 0.05) is 0 Å². The Morgan fingerprint density at radius 3 is 1.57 bits per heavy atom. The van der Waals surface area contributed by atoms with Gasteiger partial charge in [0.1, 0.15) is 11.5 Å². The Morgan fingerprint density at radius 1 is 0.810 bits per heavy atom. The van der Waals surface area contributed by atoms with Crippen molar-refractivity contribution in [3.05, 3.63) is 58.7 Å². The molecule has 4 heteroatoms. The Morgan fingerprint density at radius 2 is 1.24 bits per heavy atom. The fourth-order valence-electron chi connectivity index (χ4n) is 2.21. The Bertz CT molecular complexity index is 676. The average molecular weight is 278 g/mol. The van der Waals surface area contributed by atoms with Crippen molar-refractivity contribution < 1.29 is 9.47 Å². The van der Waals surface area contributed by atoms with E-state index >= 15 is 0 Å². The van der Waals surface area contributed by atoms with E-state index in [1.165, 1.54) is 0 Å². The predicted molar refractivity (Wildman–Crippen MR) is 77.6 cm³/mol. The Labute approximate surface area is 123 Å². The first-order valence-electron chi connectivity index (χ1n) is 6.45. The molecule has 0 N–H and O–H groups in total. The average Bonchev–Trinajstić information content (AvgIpc) is 2.45. The van der Waals surface area contributed by atoms with Crippen molar-refractivity contribution >= 4 is 0 Å². The zero-order valence-electron chi connectivity index (χ0n) is 11.9. The van der Waals surface area contributed by atoms with Gasteiger partial charge < -0.3 is 9.47 Å². The van der Waals surface area contributed by atoms with E-state index in [4.69, 9.17) is 20.0 Å². The van der Waals surface area contributed by atoms with Gasteiger partial charge in [-0.15, -0.1) is 10.5 Å². The van der Waals surface area contributed by atoms with Gasteiger partial charge in [-0.1, -0.05) is 24.3 Å². The van der Waals surface area contributed by atoms with Crippen LogP contribution in [0.15, 0.2) is 36.4 Å². The zero-order valence-corrected chi connectivity index (χ0v) is 11.9. The lowest BCUT2D eigenvalue weighted by molar-refractivity contribution is 0.503. The maximum absolute atomic E-state index is 8.54. The van der Waals surface area contributed by atoms with Gasteiger partial charge in [0.2, 0.25) is 0 Å². The Balaban J connectivity index is 2.19. The fourth-order valence-corrected chi connectivity index (χ4v) is 2.21. The summed E-state index contributed by atoms with van der Waals surface area (Å²) in [5.74, 6) is 1.16. The van der Waals surface area contributed by atoms with Crippen LogP contribution in [0.4, 0.5) is 0 Å². The van der Waals surface area contributed by atoms with Crippen LogP contribution in [0.25, 0.3) is 0 Å². The summed E-state index contributed by atoms with van der Waals surface area (Å²) in [4.78, 5) is 0. The number of hydrogen-bond donors (Lipinski definition) is 0. The smallest absolute Gasteiger partial charge is 0.292 e. The molecule has 0 saturated carbocycles. The molecule has 0 atom stereocenters. The summed E-state index contributed by atoms with van der Waals surface area (Å²) in [5, 5.41) is 17.1. The van der Waals surface area contributed by atoms with E-state index in [-0.39, 0.29) is 0 Å². The quantitative estimate of drug-likeness (QED) is 0.801. The molecule has 0 heterocycles. The molecule has 2 aromatic carbocycles. The van der Waals surface area contributed by atoms with Crippen LogP contribution in [-0.2, 0) is 6.42 Å². The van der Waals surface area contributed by atoms with Crippen LogP contribution in [0.5, 0.6) is 11.5 Å². The molecule has 0 saturated heterocycles. The fraction of sp³-hybridized carbons (Fsp3) is 0.176. The SMILES string of the molecule is Cc1cc(Cc2ccc(OC#N)c(C)c2)ccc1OC#N. The predicted octanol–water partition coefficient (Wildman–Crippen LogP) is 3.61. The van der Waals surface area contributed by atoms with Crippen LogP contribution < -0.4 is 9.47 Å². The molecular formula is C17H14N2O2. The standard InChI is InChI=1S/C17H14N2O2/c1-12-7-14(3-5-16(12)20-10-18)9-15-4-6-17(21-11-19)13(2)8-15/h3-8H,9H2,1-2H3. The summed E-state index contributed by atoms with van der Waals surface area (Å²) in [7, 11) is 0. The lowest BCUT2D eigenvalue weighted by Gasteiger charge is -2.08. The lowest BCUT2D eigenvalue weighted by Crippen LogP contribution is -1.94. The Hall–Kier alpha value is -2.98. The summed E-state index contributed by atoms with van der Waals surface area (Å²) in [6.45, 7) is 3.82. The molecular weight excluding hydrogens is 264 g/mol. The number of hydrogen-bond acceptors (Lipinski definition) is 4. The van der Waals surface area contributed by atoms with E-state index in [2.05, 4.69) is 0 Å². The van der Waals surface area contributed by atoms with E-state index in [0.717, 1.165) is 28.7 Å². The molecule has 0 bridgehead atoms. The number of nitrogens with zero attached hydrogens (tertiary/aromatic N) is 2. The summed E-state index contributed by atoms with van der Waals surface area (Å²) in [6.07, 6.45) is 4.12. The molecule has 0 fully saturated rings. The minimum absolute atomic E-state index is 0.579. The van der Waals surface area contributed by atoms with Crippen molar-refractivity contribution in [3.8, 4) is 24.0 Å². The monoisotopic (exact) mass is 278 g/mol. The van der Waals surface area contributed by atoms with E-state index < -0.39 is 0 Å². The largest absolute Gasteiger partial charge is 0.388 e. The first kappa shape index (κ1) is 14.4. The summed E-state index contributed by atoms with van der Waals surface area (Å²) < 4.78 is 9.72. The van der Waals surface area contributed by atoms with Crippen LogP contribution in [0.2, 0.25) is 0 Å². The van der Waals surface area contributed by atoms with Crippen molar-refractivity contribution in [2.24, 2.45) is 0 Å². The normalized spacial score (nSPS) is 9.52. The van der Waals surface area contributed by atoms with E-state index in [0.29, 0.717) is 11.5 Å². The molecule has 0 aliphatic heterocycles. The molecule has 104 valence electrons. The molecule has 0 aromatic heterocycles. The van der Waals surface area contributed by atoms with Crippen LogP contribution in [0.3, 0.4) is 0 Å². The van der Waals surface area contributed by atoms with Gasteiger partial charge in [0.05, 0.1) is 0 Å². The minimum atomic E-state index is 0.579. The van der Waals surface area contributed by atoms with E-state index in [1.54, 1.807) is 24.6 Å².